The Morgan fingerprint density at radius 3 is 2.00 bits per heavy atom. The average molecular weight is 342 g/mol. The Labute approximate surface area is 122 Å². The second kappa shape index (κ2) is 7.25. The standard InChI is InChI=1S/C11H16F2N2O4S2/c1-2-20(16,17)14-4-3-5-15-21(18,19)11-7-9(12)6-10(13)8-11/h6-8,14-15H,2-5H2,1H3. The van der Waals surface area contributed by atoms with Crippen molar-refractivity contribution in [3.63, 3.8) is 0 Å². The van der Waals surface area contributed by atoms with Gasteiger partial charge in [0.1, 0.15) is 11.6 Å². The van der Waals surface area contributed by atoms with Crippen molar-refractivity contribution in [2.75, 3.05) is 18.8 Å². The van der Waals surface area contributed by atoms with Gasteiger partial charge in [-0.1, -0.05) is 0 Å². The highest BCUT2D eigenvalue weighted by Gasteiger charge is 2.16. The zero-order chi connectivity index (χ0) is 16.1. The summed E-state index contributed by atoms with van der Waals surface area (Å²) in [7, 11) is -7.36. The minimum atomic E-state index is -4.03. The zero-order valence-corrected chi connectivity index (χ0v) is 12.9. The normalized spacial score (nSPS) is 12.5. The third-order valence-corrected chi connectivity index (χ3v) is 5.34. The molecule has 0 bridgehead atoms. The van der Waals surface area contributed by atoms with Crippen LogP contribution in [0.25, 0.3) is 0 Å². The van der Waals surface area contributed by atoms with Crippen molar-refractivity contribution in [3.8, 4) is 0 Å². The van der Waals surface area contributed by atoms with Crippen LogP contribution in [-0.4, -0.2) is 35.7 Å². The molecule has 0 saturated carbocycles. The van der Waals surface area contributed by atoms with Crippen molar-refractivity contribution in [1.29, 1.82) is 0 Å². The molecule has 0 aliphatic carbocycles. The summed E-state index contributed by atoms with van der Waals surface area (Å²) in [4.78, 5) is -0.519. The van der Waals surface area contributed by atoms with Gasteiger partial charge in [-0.05, 0) is 25.5 Å². The smallest absolute Gasteiger partial charge is 0.215 e. The minimum Gasteiger partial charge on any atom is -0.215 e. The molecular weight excluding hydrogens is 326 g/mol. The molecule has 0 atom stereocenters. The highest BCUT2D eigenvalue weighted by molar-refractivity contribution is 7.89. The van der Waals surface area contributed by atoms with Gasteiger partial charge in [-0.25, -0.2) is 35.1 Å². The SMILES string of the molecule is CCS(=O)(=O)NCCCNS(=O)(=O)c1cc(F)cc(F)c1. The zero-order valence-electron chi connectivity index (χ0n) is 11.3. The van der Waals surface area contributed by atoms with Crippen molar-refractivity contribution in [2.45, 2.75) is 18.2 Å². The molecule has 10 heteroatoms. The molecule has 2 N–H and O–H groups in total. The van der Waals surface area contributed by atoms with E-state index >= 15 is 0 Å². The predicted octanol–water partition coefficient (Wildman–Crippen LogP) is 0.572. The Kier molecular flexibility index (Phi) is 6.20. The van der Waals surface area contributed by atoms with E-state index in [2.05, 4.69) is 9.44 Å². The molecule has 6 nitrogen and oxygen atoms in total. The molecule has 0 amide bonds. The first-order chi connectivity index (χ1) is 9.66. The molecule has 0 spiro atoms. The summed E-state index contributed by atoms with van der Waals surface area (Å²) in [6.07, 6.45) is 0.205. The van der Waals surface area contributed by atoms with Gasteiger partial charge in [0.2, 0.25) is 20.0 Å². The van der Waals surface area contributed by atoms with Gasteiger partial charge >= 0.3 is 0 Å². The van der Waals surface area contributed by atoms with Gasteiger partial charge in [0, 0.05) is 19.2 Å². The van der Waals surface area contributed by atoms with E-state index < -0.39 is 36.6 Å². The lowest BCUT2D eigenvalue weighted by Crippen LogP contribution is -2.30. The van der Waals surface area contributed by atoms with Crippen LogP contribution in [0.4, 0.5) is 8.78 Å². The molecule has 0 unspecified atom stereocenters. The minimum absolute atomic E-state index is 0.0628. The lowest BCUT2D eigenvalue weighted by atomic mass is 10.3. The lowest BCUT2D eigenvalue weighted by Gasteiger charge is -2.08. The molecular formula is C11H16F2N2O4S2. The molecule has 0 fully saturated rings. The Hall–Kier alpha value is -1.10. The number of hydrogen-bond donors (Lipinski definition) is 2. The summed E-state index contributed by atoms with van der Waals surface area (Å²) >= 11 is 0. The molecule has 0 aliphatic rings. The Morgan fingerprint density at radius 1 is 0.952 bits per heavy atom. The Bertz CT molecular complexity index is 670. The fraction of sp³-hybridized carbons (Fsp3) is 0.455. The highest BCUT2D eigenvalue weighted by atomic mass is 32.2. The number of halogens is 2. The molecule has 0 saturated heterocycles. The van der Waals surface area contributed by atoms with E-state index in [1.54, 1.807) is 0 Å². The van der Waals surface area contributed by atoms with Gasteiger partial charge in [-0.15, -0.1) is 0 Å². The van der Waals surface area contributed by atoms with Gasteiger partial charge in [0.05, 0.1) is 10.6 Å². The van der Waals surface area contributed by atoms with Gasteiger partial charge in [-0.3, -0.25) is 0 Å². The third-order valence-electron chi connectivity index (χ3n) is 2.49. The summed E-state index contributed by atoms with van der Waals surface area (Å²) in [6, 6.07) is 1.97. The first-order valence-corrected chi connectivity index (χ1v) is 9.23. The molecule has 21 heavy (non-hydrogen) atoms. The van der Waals surface area contributed by atoms with E-state index in [4.69, 9.17) is 0 Å². The Morgan fingerprint density at radius 2 is 1.48 bits per heavy atom. The van der Waals surface area contributed by atoms with E-state index in [1.807, 2.05) is 0 Å². The van der Waals surface area contributed by atoms with Crippen LogP contribution in [0.2, 0.25) is 0 Å². The van der Waals surface area contributed by atoms with Crippen molar-refractivity contribution < 1.29 is 25.6 Å². The molecule has 120 valence electrons. The summed E-state index contributed by atoms with van der Waals surface area (Å²) in [5.41, 5.74) is 0. The highest BCUT2D eigenvalue weighted by Crippen LogP contribution is 2.13. The van der Waals surface area contributed by atoms with Crippen molar-refractivity contribution in [2.24, 2.45) is 0 Å². The second-order valence-electron chi connectivity index (χ2n) is 4.15. The number of sulfonamides is 2. The van der Waals surface area contributed by atoms with Gasteiger partial charge < -0.3 is 0 Å². The van der Waals surface area contributed by atoms with Crippen LogP contribution in [0.1, 0.15) is 13.3 Å². The summed E-state index contributed by atoms with van der Waals surface area (Å²) in [6.45, 7) is 1.48. The Balaban J connectivity index is 2.54. The lowest BCUT2D eigenvalue weighted by molar-refractivity contribution is 0.559. The van der Waals surface area contributed by atoms with Gasteiger partial charge in [0.15, 0.2) is 0 Å². The van der Waals surface area contributed by atoms with E-state index in [-0.39, 0.29) is 25.3 Å². The quantitative estimate of drug-likeness (QED) is 0.676. The molecule has 1 aromatic rings. The second-order valence-corrected chi connectivity index (χ2v) is 8.02. The summed E-state index contributed by atoms with van der Waals surface area (Å²) < 4.78 is 76.1. The van der Waals surface area contributed by atoms with Crippen LogP contribution in [0.5, 0.6) is 0 Å². The van der Waals surface area contributed by atoms with Crippen molar-refractivity contribution in [3.05, 3.63) is 29.8 Å². The third kappa shape index (κ3) is 6.04. The maximum Gasteiger partial charge on any atom is 0.240 e. The number of rotatable bonds is 8. The van der Waals surface area contributed by atoms with Crippen molar-refractivity contribution in [1.82, 2.24) is 9.44 Å². The first-order valence-electron chi connectivity index (χ1n) is 6.09. The molecule has 0 heterocycles. The fourth-order valence-corrected chi connectivity index (χ4v) is 3.17. The number of hydrogen-bond acceptors (Lipinski definition) is 4. The van der Waals surface area contributed by atoms with E-state index in [1.165, 1.54) is 6.92 Å². The first kappa shape index (κ1) is 18.0. The van der Waals surface area contributed by atoms with Gasteiger partial charge in [0.25, 0.3) is 0 Å². The summed E-state index contributed by atoms with van der Waals surface area (Å²) in [5.74, 6) is -2.06. The van der Waals surface area contributed by atoms with Crippen LogP contribution < -0.4 is 9.44 Å². The van der Waals surface area contributed by atoms with Crippen LogP contribution in [0, 0.1) is 11.6 Å². The molecule has 0 aromatic heterocycles. The maximum atomic E-state index is 13.0. The van der Waals surface area contributed by atoms with Crippen LogP contribution in [0.3, 0.4) is 0 Å². The number of benzene rings is 1. The van der Waals surface area contributed by atoms with Crippen molar-refractivity contribution >= 4 is 20.0 Å². The maximum absolute atomic E-state index is 13.0. The topological polar surface area (TPSA) is 92.3 Å². The van der Waals surface area contributed by atoms with Crippen LogP contribution >= 0.6 is 0 Å². The van der Waals surface area contributed by atoms with Gasteiger partial charge in [-0.2, -0.15) is 0 Å². The number of nitrogens with one attached hydrogen (secondary N) is 2. The molecule has 0 aliphatic heterocycles. The largest absolute Gasteiger partial charge is 0.240 e. The molecule has 1 rings (SSSR count). The monoisotopic (exact) mass is 342 g/mol. The van der Waals surface area contributed by atoms with E-state index in [9.17, 15) is 25.6 Å². The summed E-state index contributed by atoms with van der Waals surface area (Å²) in [5, 5.41) is 0. The van der Waals surface area contributed by atoms with E-state index in [0.717, 1.165) is 0 Å². The van der Waals surface area contributed by atoms with Crippen LogP contribution in [0.15, 0.2) is 23.1 Å². The van der Waals surface area contributed by atoms with Crippen LogP contribution in [-0.2, 0) is 20.0 Å². The average Bonchev–Trinajstić information content (AvgIpc) is 2.37. The predicted molar refractivity (Wildman–Crippen MR) is 73.6 cm³/mol. The fourth-order valence-electron chi connectivity index (χ4n) is 1.39. The molecule has 0 radical (unpaired) electrons. The molecule has 1 aromatic carbocycles. The van der Waals surface area contributed by atoms with E-state index in [0.29, 0.717) is 18.2 Å².